The topological polar surface area (TPSA) is 82.1 Å². The first-order valence-corrected chi connectivity index (χ1v) is 12.4. The van der Waals surface area contributed by atoms with E-state index in [1.165, 1.54) is 0 Å². The molecular formula is C27H36O6. The molecule has 2 saturated carbocycles. The van der Waals surface area contributed by atoms with Crippen LogP contribution in [0.25, 0.3) is 0 Å². The van der Waals surface area contributed by atoms with E-state index in [9.17, 15) is 14.7 Å². The summed E-state index contributed by atoms with van der Waals surface area (Å²) >= 11 is 0. The van der Waals surface area contributed by atoms with Crippen molar-refractivity contribution in [2.24, 2.45) is 34.5 Å². The number of ether oxygens (including phenoxy) is 3. The molecule has 5 rings (SSSR count). The van der Waals surface area contributed by atoms with E-state index in [1.807, 2.05) is 19.9 Å². The maximum atomic E-state index is 13.6. The standard InChI is InChI=1S/C27H36O6/c1-6-26(31-7-2)32-15-22(30)27(33-26)16(3)12-20-19-9-8-17-13-18(28)10-11-24(17,4)23(19)21(29)14-25(20,27)5/h8-11,13,16,19-21,23,29H,6-7,12,14-15H2,1-5H3/t16-,19+,20+,21+,23-,24+,25+,26?,27+/m1/s1. The number of hydrogen-bond donors (Lipinski definition) is 1. The van der Waals surface area contributed by atoms with E-state index in [0.29, 0.717) is 19.4 Å². The Bertz CT molecular complexity index is 966. The molecule has 1 heterocycles. The number of allylic oxidation sites excluding steroid dienone is 6. The van der Waals surface area contributed by atoms with Crippen molar-refractivity contribution in [3.63, 3.8) is 0 Å². The number of fused-ring (bicyclic) bond motifs is 6. The van der Waals surface area contributed by atoms with Crippen LogP contribution < -0.4 is 0 Å². The van der Waals surface area contributed by atoms with E-state index in [4.69, 9.17) is 14.2 Å². The van der Waals surface area contributed by atoms with Crippen LogP contribution in [0.3, 0.4) is 0 Å². The summed E-state index contributed by atoms with van der Waals surface area (Å²) in [6.07, 6.45) is 10.6. The van der Waals surface area contributed by atoms with Crippen LogP contribution in [-0.4, -0.2) is 47.6 Å². The van der Waals surface area contributed by atoms with Crippen molar-refractivity contribution >= 4 is 11.6 Å². The van der Waals surface area contributed by atoms with E-state index in [-0.39, 0.29) is 41.8 Å². The van der Waals surface area contributed by atoms with Crippen molar-refractivity contribution in [2.45, 2.75) is 71.6 Å². The molecule has 33 heavy (non-hydrogen) atoms. The molecular weight excluding hydrogens is 420 g/mol. The van der Waals surface area contributed by atoms with Crippen molar-refractivity contribution in [1.82, 2.24) is 0 Å². The molecule has 0 amide bonds. The number of Topliss-reactive ketones (excluding diaryl/α,β-unsaturated/α-hetero) is 1. The zero-order chi connectivity index (χ0) is 23.8. The molecule has 0 aromatic heterocycles. The van der Waals surface area contributed by atoms with Crippen LogP contribution >= 0.6 is 0 Å². The highest BCUT2D eigenvalue weighted by Gasteiger charge is 2.74. The van der Waals surface area contributed by atoms with Crippen LogP contribution in [0.1, 0.15) is 53.9 Å². The predicted octanol–water partition coefficient (Wildman–Crippen LogP) is 3.74. The molecule has 6 heteroatoms. The second-order valence-electron chi connectivity index (χ2n) is 11.0. The van der Waals surface area contributed by atoms with Gasteiger partial charge in [-0.15, -0.1) is 0 Å². The molecule has 6 nitrogen and oxygen atoms in total. The fourth-order valence-electron chi connectivity index (χ4n) is 8.10. The highest BCUT2D eigenvalue weighted by Crippen LogP contribution is 2.69. The number of ketones is 2. The van der Waals surface area contributed by atoms with Crippen LogP contribution in [0.15, 0.2) is 36.0 Å². The lowest BCUT2D eigenvalue weighted by Gasteiger charge is -2.60. The molecule has 3 fully saturated rings. The lowest BCUT2D eigenvalue weighted by Crippen LogP contribution is -2.68. The summed E-state index contributed by atoms with van der Waals surface area (Å²) in [6, 6.07) is 0. The van der Waals surface area contributed by atoms with Crippen molar-refractivity contribution in [1.29, 1.82) is 0 Å². The molecule has 4 aliphatic carbocycles. The third kappa shape index (κ3) is 2.87. The fourth-order valence-corrected chi connectivity index (χ4v) is 8.10. The molecule has 9 atom stereocenters. The zero-order valence-electron chi connectivity index (χ0n) is 20.3. The number of aliphatic hydroxyl groups is 1. The Morgan fingerprint density at radius 1 is 1.21 bits per heavy atom. The maximum absolute atomic E-state index is 13.6. The van der Waals surface area contributed by atoms with Crippen molar-refractivity contribution in [3.05, 3.63) is 36.0 Å². The average Bonchev–Trinajstić information content (AvgIpc) is 2.98. The Kier molecular flexibility index (Phi) is 5.23. The van der Waals surface area contributed by atoms with Gasteiger partial charge in [0.15, 0.2) is 11.6 Å². The van der Waals surface area contributed by atoms with Crippen LogP contribution in [-0.2, 0) is 23.8 Å². The largest absolute Gasteiger partial charge is 0.393 e. The monoisotopic (exact) mass is 456 g/mol. The van der Waals surface area contributed by atoms with Gasteiger partial charge in [0.2, 0.25) is 0 Å². The highest BCUT2D eigenvalue weighted by molar-refractivity contribution is 6.01. The van der Waals surface area contributed by atoms with E-state index in [0.717, 1.165) is 12.0 Å². The van der Waals surface area contributed by atoms with Gasteiger partial charge in [0, 0.05) is 29.8 Å². The highest BCUT2D eigenvalue weighted by atomic mass is 16.9. The second-order valence-corrected chi connectivity index (χ2v) is 11.0. The van der Waals surface area contributed by atoms with Crippen LogP contribution in [0, 0.1) is 34.5 Å². The molecule has 1 unspecified atom stereocenters. The predicted molar refractivity (Wildman–Crippen MR) is 122 cm³/mol. The lowest BCUT2D eigenvalue weighted by atomic mass is 9.47. The molecule has 0 radical (unpaired) electrons. The number of aliphatic hydroxyl groups excluding tert-OH is 1. The number of carbonyl (C=O) groups is 2. The van der Waals surface area contributed by atoms with E-state index in [2.05, 4.69) is 32.9 Å². The van der Waals surface area contributed by atoms with Gasteiger partial charge >= 0.3 is 0 Å². The Hall–Kier alpha value is -1.60. The van der Waals surface area contributed by atoms with Gasteiger partial charge in [0.1, 0.15) is 12.2 Å². The van der Waals surface area contributed by atoms with Crippen LogP contribution in [0.5, 0.6) is 0 Å². The summed E-state index contributed by atoms with van der Waals surface area (Å²) in [5, 5.41) is 11.7. The summed E-state index contributed by atoms with van der Waals surface area (Å²) in [4.78, 5) is 25.6. The minimum Gasteiger partial charge on any atom is -0.393 e. The van der Waals surface area contributed by atoms with Crippen molar-refractivity contribution in [3.8, 4) is 0 Å². The van der Waals surface area contributed by atoms with E-state index in [1.54, 1.807) is 12.2 Å². The molecule has 0 bridgehead atoms. The molecule has 180 valence electrons. The van der Waals surface area contributed by atoms with Crippen molar-refractivity contribution < 1.29 is 28.9 Å². The van der Waals surface area contributed by atoms with Gasteiger partial charge < -0.3 is 19.3 Å². The van der Waals surface area contributed by atoms with Gasteiger partial charge in [0.25, 0.3) is 5.97 Å². The molecule has 5 aliphatic rings. The summed E-state index contributed by atoms with van der Waals surface area (Å²) in [7, 11) is 0. The zero-order valence-corrected chi connectivity index (χ0v) is 20.3. The van der Waals surface area contributed by atoms with Gasteiger partial charge in [-0.3, -0.25) is 9.59 Å². The Morgan fingerprint density at radius 2 is 1.97 bits per heavy atom. The quantitative estimate of drug-likeness (QED) is 0.697. The van der Waals surface area contributed by atoms with Gasteiger partial charge in [-0.1, -0.05) is 45.9 Å². The molecule has 1 saturated heterocycles. The molecule has 0 aromatic rings. The summed E-state index contributed by atoms with van der Waals surface area (Å²) < 4.78 is 18.5. The minimum atomic E-state index is -1.24. The summed E-state index contributed by atoms with van der Waals surface area (Å²) in [6.45, 7) is 10.6. The lowest BCUT2D eigenvalue weighted by molar-refractivity contribution is -0.434. The number of hydrogen-bond acceptors (Lipinski definition) is 6. The van der Waals surface area contributed by atoms with Crippen LogP contribution in [0.4, 0.5) is 0 Å². The maximum Gasteiger partial charge on any atom is 0.284 e. The molecule has 1 aliphatic heterocycles. The number of carbonyl (C=O) groups excluding carboxylic acids is 2. The molecule has 1 spiro atoms. The fraction of sp³-hybridized carbons (Fsp3) is 0.704. The average molecular weight is 457 g/mol. The first-order valence-electron chi connectivity index (χ1n) is 12.4. The summed E-state index contributed by atoms with van der Waals surface area (Å²) in [5.74, 6) is -1.18. The first-order chi connectivity index (χ1) is 15.6. The van der Waals surface area contributed by atoms with Crippen LogP contribution in [0.2, 0.25) is 0 Å². The van der Waals surface area contributed by atoms with Gasteiger partial charge in [-0.25, -0.2) is 0 Å². The third-order valence-corrected chi connectivity index (χ3v) is 9.55. The Labute approximate surface area is 196 Å². The van der Waals surface area contributed by atoms with Gasteiger partial charge in [0.05, 0.1) is 6.10 Å². The van der Waals surface area contributed by atoms with E-state index < -0.39 is 28.5 Å². The van der Waals surface area contributed by atoms with Crippen molar-refractivity contribution in [2.75, 3.05) is 13.2 Å². The second kappa shape index (κ2) is 7.45. The molecule has 1 N–H and O–H groups in total. The number of rotatable bonds is 3. The Balaban J connectivity index is 1.60. The SMILES string of the molecule is CCOC1(CC)OCC(=O)[C@@]2(O1)[C@H](C)C[C@H]1[C@@H]3C=CC4=CC(=O)C=C[C@]4(C)[C@H]3[C@@H](O)C[C@@]12C. The van der Waals surface area contributed by atoms with Gasteiger partial charge in [-0.2, -0.15) is 0 Å². The smallest absolute Gasteiger partial charge is 0.284 e. The molecule has 0 aromatic carbocycles. The first kappa shape index (κ1) is 23.2. The van der Waals surface area contributed by atoms with E-state index >= 15 is 0 Å². The minimum absolute atomic E-state index is 0.0119. The normalized spacial score (nSPS) is 50.7. The van der Waals surface area contributed by atoms with Gasteiger partial charge in [-0.05, 0) is 55.2 Å². The third-order valence-electron chi connectivity index (χ3n) is 9.55. The summed E-state index contributed by atoms with van der Waals surface area (Å²) in [5.41, 5.74) is -1.09. The Morgan fingerprint density at radius 3 is 2.67 bits per heavy atom.